The van der Waals surface area contributed by atoms with Gasteiger partial charge in [-0.3, -0.25) is 19.7 Å². The summed E-state index contributed by atoms with van der Waals surface area (Å²) in [6.45, 7) is 1.05. The van der Waals surface area contributed by atoms with E-state index in [1.807, 2.05) is 12.1 Å². The second kappa shape index (κ2) is 8.22. The van der Waals surface area contributed by atoms with Crippen molar-refractivity contribution in [3.05, 3.63) is 34.9 Å². The smallest absolute Gasteiger partial charge is 0.407 e. The van der Waals surface area contributed by atoms with Crippen LogP contribution >= 0.6 is 0 Å². The van der Waals surface area contributed by atoms with Crippen molar-refractivity contribution in [1.82, 2.24) is 15.5 Å². The molecule has 0 radical (unpaired) electrons. The lowest BCUT2D eigenvalue weighted by Gasteiger charge is -2.54. The van der Waals surface area contributed by atoms with E-state index in [2.05, 4.69) is 10.6 Å². The van der Waals surface area contributed by atoms with E-state index in [1.165, 1.54) is 37.0 Å². The Balaban J connectivity index is 1.08. The summed E-state index contributed by atoms with van der Waals surface area (Å²) in [5.41, 5.74) is 2.82. The van der Waals surface area contributed by atoms with Crippen molar-refractivity contribution in [2.45, 2.75) is 70.5 Å². The number of piperidine rings is 1. The van der Waals surface area contributed by atoms with E-state index in [9.17, 15) is 19.2 Å². The van der Waals surface area contributed by atoms with Crippen molar-refractivity contribution < 1.29 is 23.9 Å². The number of hydrogen-bond acceptors (Lipinski definition) is 5. The number of amides is 4. The number of rotatable bonds is 6. The molecule has 0 bridgehead atoms. The zero-order valence-corrected chi connectivity index (χ0v) is 18.2. The molecule has 32 heavy (non-hydrogen) atoms. The van der Waals surface area contributed by atoms with E-state index in [0.717, 1.165) is 17.5 Å². The van der Waals surface area contributed by atoms with Gasteiger partial charge < -0.3 is 15.0 Å². The molecule has 1 aromatic rings. The lowest BCUT2D eigenvalue weighted by molar-refractivity contribution is -0.136. The predicted octanol–water partition coefficient (Wildman–Crippen LogP) is 2.64. The van der Waals surface area contributed by atoms with Crippen LogP contribution in [0.15, 0.2) is 18.2 Å². The van der Waals surface area contributed by atoms with Gasteiger partial charge in [0.2, 0.25) is 11.8 Å². The summed E-state index contributed by atoms with van der Waals surface area (Å²) < 4.78 is 5.32. The van der Waals surface area contributed by atoms with Crippen molar-refractivity contribution in [2.24, 2.45) is 11.3 Å². The summed E-state index contributed by atoms with van der Waals surface area (Å²) in [4.78, 5) is 50.0. The fraction of sp³-hybridized carbons (Fsp3) is 0.583. The van der Waals surface area contributed by atoms with Gasteiger partial charge in [0.25, 0.3) is 5.91 Å². The lowest BCUT2D eigenvalue weighted by Crippen LogP contribution is -2.52. The molecule has 1 aromatic carbocycles. The summed E-state index contributed by atoms with van der Waals surface area (Å²) in [6.07, 6.45) is 7.75. The first-order valence-electron chi connectivity index (χ1n) is 11.6. The van der Waals surface area contributed by atoms with Crippen LogP contribution in [-0.2, 0) is 27.4 Å². The molecule has 4 amide bonds. The average molecular weight is 440 g/mol. The summed E-state index contributed by atoms with van der Waals surface area (Å²) >= 11 is 0. The number of nitrogens with zero attached hydrogens (tertiary/aromatic N) is 1. The molecule has 2 aliphatic heterocycles. The molecule has 8 heteroatoms. The second-order valence-corrected chi connectivity index (χ2v) is 9.80. The number of nitrogens with one attached hydrogen (secondary N) is 2. The molecular formula is C24H29N3O5. The Morgan fingerprint density at radius 2 is 2.03 bits per heavy atom. The van der Waals surface area contributed by atoms with E-state index in [0.29, 0.717) is 36.5 Å². The van der Waals surface area contributed by atoms with Crippen LogP contribution in [0.4, 0.5) is 4.79 Å². The van der Waals surface area contributed by atoms with Gasteiger partial charge in [0, 0.05) is 25.1 Å². The topological polar surface area (TPSA) is 105 Å². The highest BCUT2D eigenvalue weighted by atomic mass is 16.5. The first-order valence-corrected chi connectivity index (χ1v) is 11.6. The quantitative estimate of drug-likeness (QED) is 0.663. The lowest BCUT2D eigenvalue weighted by atomic mass is 9.51. The van der Waals surface area contributed by atoms with Crippen molar-refractivity contribution in [2.75, 3.05) is 6.61 Å². The number of fused-ring (bicyclic) bond motifs is 1. The summed E-state index contributed by atoms with van der Waals surface area (Å²) in [6, 6.07) is 4.86. The molecule has 8 nitrogen and oxygen atoms in total. The van der Waals surface area contributed by atoms with Crippen LogP contribution in [0.3, 0.4) is 0 Å². The third-order valence-electron chi connectivity index (χ3n) is 7.65. The fourth-order valence-electron chi connectivity index (χ4n) is 5.71. The summed E-state index contributed by atoms with van der Waals surface area (Å²) in [5.74, 6) is -0.246. The van der Waals surface area contributed by atoms with Gasteiger partial charge in [-0.2, -0.15) is 0 Å². The number of carbonyl (C=O) groups is 4. The molecule has 1 atom stereocenters. The van der Waals surface area contributed by atoms with Crippen molar-refractivity contribution >= 4 is 23.8 Å². The average Bonchev–Trinajstić information content (AvgIpc) is 3.02. The van der Waals surface area contributed by atoms with Gasteiger partial charge in [0.15, 0.2) is 0 Å². The molecule has 2 heterocycles. The van der Waals surface area contributed by atoms with Crippen molar-refractivity contribution in [1.29, 1.82) is 0 Å². The minimum Gasteiger partial charge on any atom is -0.450 e. The van der Waals surface area contributed by atoms with Crippen LogP contribution in [0.2, 0.25) is 0 Å². The van der Waals surface area contributed by atoms with E-state index in [-0.39, 0.29) is 24.8 Å². The van der Waals surface area contributed by atoms with E-state index in [1.54, 1.807) is 6.07 Å². The number of ether oxygens (including phenoxy) is 1. The standard InChI is InChI=1S/C24H29N3O5/c28-20-5-4-19(21(29)26-20)27-14-17-3-2-15(10-18(17)22(27)30)13-25-23(31)32-9-6-16-11-24(12-16)7-1-8-24/h2-3,10,16,19H,1,4-9,11-14H2,(H,25,31)(H,26,28,29). The summed E-state index contributed by atoms with van der Waals surface area (Å²) in [7, 11) is 0. The second-order valence-electron chi connectivity index (χ2n) is 9.80. The van der Waals surface area contributed by atoms with Gasteiger partial charge in [-0.05, 0) is 67.1 Å². The maximum atomic E-state index is 12.9. The maximum Gasteiger partial charge on any atom is 0.407 e. The molecule has 0 aromatic heterocycles. The van der Waals surface area contributed by atoms with Crippen molar-refractivity contribution in [3.8, 4) is 0 Å². The van der Waals surface area contributed by atoms with Gasteiger partial charge >= 0.3 is 6.09 Å². The van der Waals surface area contributed by atoms with Gasteiger partial charge in [-0.1, -0.05) is 18.6 Å². The first-order chi connectivity index (χ1) is 15.4. The van der Waals surface area contributed by atoms with Crippen LogP contribution < -0.4 is 10.6 Å². The highest BCUT2D eigenvalue weighted by Gasteiger charge is 2.47. The molecular weight excluding hydrogens is 410 g/mol. The highest BCUT2D eigenvalue weighted by Crippen LogP contribution is 2.59. The van der Waals surface area contributed by atoms with Crippen molar-refractivity contribution in [3.63, 3.8) is 0 Å². The Morgan fingerprint density at radius 3 is 2.75 bits per heavy atom. The Morgan fingerprint density at radius 1 is 1.22 bits per heavy atom. The van der Waals surface area contributed by atoms with Crippen LogP contribution in [0.5, 0.6) is 0 Å². The Labute approximate surface area is 187 Å². The van der Waals surface area contributed by atoms with Gasteiger partial charge in [0.05, 0.1) is 6.61 Å². The van der Waals surface area contributed by atoms with Gasteiger partial charge in [-0.25, -0.2) is 4.79 Å². The predicted molar refractivity (Wildman–Crippen MR) is 114 cm³/mol. The normalized spacial score (nSPS) is 23.9. The molecule has 1 saturated heterocycles. The Bertz CT molecular complexity index is 962. The van der Waals surface area contributed by atoms with E-state index in [4.69, 9.17) is 4.74 Å². The van der Waals surface area contributed by atoms with E-state index >= 15 is 0 Å². The molecule has 170 valence electrons. The molecule has 5 rings (SSSR count). The number of hydrogen-bond donors (Lipinski definition) is 2. The monoisotopic (exact) mass is 439 g/mol. The molecule has 1 spiro atoms. The minimum absolute atomic E-state index is 0.219. The number of carbonyl (C=O) groups excluding carboxylic acids is 4. The molecule has 2 N–H and O–H groups in total. The first kappa shape index (κ1) is 21.0. The third kappa shape index (κ3) is 3.98. The fourth-order valence-corrected chi connectivity index (χ4v) is 5.71. The van der Waals surface area contributed by atoms with Gasteiger partial charge in [0.1, 0.15) is 6.04 Å². The highest BCUT2D eigenvalue weighted by molar-refractivity contribution is 6.05. The molecule has 1 unspecified atom stereocenters. The molecule has 3 fully saturated rings. The Kier molecular flexibility index (Phi) is 5.39. The molecule has 2 aliphatic carbocycles. The molecule has 4 aliphatic rings. The van der Waals surface area contributed by atoms with Crippen LogP contribution in [0.1, 0.15) is 72.9 Å². The zero-order chi connectivity index (χ0) is 22.3. The number of benzene rings is 1. The maximum absolute atomic E-state index is 12.9. The summed E-state index contributed by atoms with van der Waals surface area (Å²) in [5, 5.41) is 5.06. The zero-order valence-electron chi connectivity index (χ0n) is 18.2. The van der Waals surface area contributed by atoms with E-state index < -0.39 is 18.0 Å². The Hall–Kier alpha value is -2.90. The number of alkyl carbamates (subject to hydrolysis) is 1. The minimum atomic E-state index is -0.626. The number of imide groups is 1. The third-order valence-corrected chi connectivity index (χ3v) is 7.65. The van der Waals surface area contributed by atoms with Crippen LogP contribution in [-0.4, -0.2) is 41.4 Å². The van der Waals surface area contributed by atoms with Crippen LogP contribution in [0.25, 0.3) is 0 Å². The SMILES string of the molecule is O=C1CCC(N2Cc3ccc(CNC(=O)OCCC4CC5(CCC5)C4)cc3C2=O)C(=O)N1. The van der Waals surface area contributed by atoms with Crippen LogP contribution in [0, 0.1) is 11.3 Å². The molecule has 2 saturated carbocycles. The van der Waals surface area contributed by atoms with Gasteiger partial charge in [-0.15, -0.1) is 0 Å². The largest absolute Gasteiger partial charge is 0.450 e.